The Morgan fingerprint density at radius 2 is 1.70 bits per heavy atom. The number of hydrogen-bond acceptors (Lipinski definition) is 4. The van der Waals surface area contributed by atoms with Crippen LogP contribution in [0.2, 0.25) is 0 Å². The molecule has 0 heterocycles. The van der Waals surface area contributed by atoms with E-state index < -0.39 is 23.8 Å². The maximum absolute atomic E-state index is 14.4. The number of amides is 3. The quantitative estimate of drug-likeness (QED) is 0.336. The molecular formula is C30H49N3O4. The SMILES string of the molecule is CCCCCNC(=O)C(c1c(C)cccc1C)N(C(=O)C(NC(=O)OC(C)(C)C)C(C)CC)C1CCC1. The largest absolute Gasteiger partial charge is 0.444 e. The van der Waals surface area contributed by atoms with E-state index in [1.807, 2.05) is 45.9 Å². The van der Waals surface area contributed by atoms with Crippen LogP contribution in [0.3, 0.4) is 0 Å². The summed E-state index contributed by atoms with van der Waals surface area (Å²) in [5.74, 6) is -0.510. The van der Waals surface area contributed by atoms with Crippen molar-refractivity contribution < 1.29 is 19.1 Å². The molecule has 3 amide bonds. The lowest BCUT2D eigenvalue weighted by molar-refractivity contribution is -0.148. The van der Waals surface area contributed by atoms with Gasteiger partial charge in [0.05, 0.1) is 0 Å². The highest BCUT2D eigenvalue weighted by atomic mass is 16.6. The van der Waals surface area contributed by atoms with Gasteiger partial charge in [-0.1, -0.05) is 58.2 Å². The van der Waals surface area contributed by atoms with Crippen LogP contribution in [-0.2, 0) is 14.3 Å². The zero-order chi connectivity index (χ0) is 27.8. The molecule has 3 atom stereocenters. The summed E-state index contributed by atoms with van der Waals surface area (Å²) in [5.41, 5.74) is 2.15. The zero-order valence-corrected chi connectivity index (χ0v) is 24.3. The third-order valence-electron chi connectivity index (χ3n) is 7.30. The van der Waals surface area contributed by atoms with Crippen molar-refractivity contribution in [2.24, 2.45) is 5.92 Å². The van der Waals surface area contributed by atoms with Crippen molar-refractivity contribution in [3.8, 4) is 0 Å². The minimum atomic E-state index is -0.792. The van der Waals surface area contributed by atoms with Crippen LogP contribution < -0.4 is 10.6 Å². The number of unbranched alkanes of at least 4 members (excludes halogenated alkanes) is 2. The minimum absolute atomic E-state index is 0.0510. The monoisotopic (exact) mass is 515 g/mol. The molecule has 3 unspecified atom stereocenters. The highest BCUT2D eigenvalue weighted by Crippen LogP contribution is 2.36. The highest BCUT2D eigenvalue weighted by Gasteiger charge is 2.43. The Bertz CT molecular complexity index is 900. The lowest BCUT2D eigenvalue weighted by atomic mass is 9.85. The van der Waals surface area contributed by atoms with E-state index in [1.54, 1.807) is 25.7 Å². The fourth-order valence-corrected chi connectivity index (χ4v) is 4.80. The van der Waals surface area contributed by atoms with Gasteiger partial charge in [-0.05, 0) is 82.9 Å². The van der Waals surface area contributed by atoms with Crippen molar-refractivity contribution >= 4 is 17.9 Å². The average molecular weight is 516 g/mol. The van der Waals surface area contributed by atoms with Crippen LogP contribution in [0, 0.1) is 19.8 Å². The predicted molar refractivity (Wildman–Crippen MR) is 148 cm³/mol. The highest BCUT2D eigenvalue weighted by molar-refractivity contribution is 5.93. The van der Waals surface area contributed by atoms with Crippen LogP contribution in [0.1, 0.15) is 109 Å². The first-order valence-electron chi connectivity index (χ1n) is 14.1. The van der Waals surface area contributed by atoms with E-state index in [0.29, 0.717) is 13.0 Å². The summed E-state index contributed by atoms with van der Waals surface area (Å²) in [7, 11) is 0. The fourth-order valence-electron chi connectivity index (χ4n) is 4.80. The van der Waals surface area contributed by atoms with Gasteiger partial charge in [-0.3, -0.25) is 9.59 Å². The molecule has 1 fully saturated rings. The van der Waals surface area contributed by atoms with Gasteiger partial charge in [0.1, 0.15) is 17.7 Å². The molecule has 7 heteroatoms. The molecular weight excluding hydrogens is 466 g/mol. The van der Waals surface area contributed by atoms with Gasteiger partial charge < -0.3 is 20.3 Å². The Kier molecular flexibility index (Phi) is 11.5. The van der Waals surface area contributed by atoms with Crippen molar-refractivity contribution in [1.29, 1.82) is 0 Å². The molecule has 2 N–H and O–H groups in total. The first-order valence-corrected chi connectivity index (χ1v) is 14.1. The van der Waals surface area contributed by atoms with Crippen molar-refractivity contribution in [2.75, 3.05) is 6.54 Å². The number of carbonyl (C=O) groups is 3. The van der Waals surface area contributed by atoms with Crippen LogP contribution in [0.4, 0.5) is 4.79 Å². The third kappa shape index (κ3) is 8.47. The van der Waals surface area contributed by atoms with Gasteiger partial charge in [0.2, 0.25) is 11.8 Å². The summed E-state index contributed by atoms with van der Waals surface area (Å²) in [6.45, 7) is 16.0. The van der Waals surface area contributed by atoms with Crippen LogP contribution in [0.25, 0.3) is 0 Å². The number of aryl methyl sites for hydroxylation is 2. The third-order valence-corrected chi connectivity index (χ3v) is 7.30. The van der Waals surface area contributed by atoms with Crippen molar-refractivity contribution in [3.63, 3.8) is 0 Å². The fraction of sp³-hybridized carbons (Fsp3) is 0.700. The summed E-state index contributed by atoms with van der Waals surface area (Å²) in [6.07, 6.45) is 5.78. The number of nitrogens with zero attached hydrogens (tertiary/aromatic N) is 1. The van der Waals surface area contributed by atoms with Gasteiger partial charge in [-0.2, -0.15) is 0 Å². The Hall–Kier alpha value is -2.57. The molecule has 37 heavy (non-hydrogen) atoms. The number of carbonyl (C=O) groups excluding carboxylic acids is 3. The smallest absolute Gasteiger partial charge is 0.408 e. The Morgan fingerprint density at radius 3 is 2.19 bits per heavy atom. The molecule has 1 saturated carbocycles. The molecule has 1 aromatic carbocycles. The topological polar surface area (TPSA) is 87.7 Å². The molecule has 0 aliphatic heterocycles. The molecule has 1 aliphatic rings. The van der Waals surface area contributed by atoms with Gasteiger partial charge in [0.25, 0.3) is 0 Å². The van der Waals surface area contributed by atoms with E-state index in [0.717, 1.165) is 55.2 Å². The van der Waals surface area contributed by atoms with Crippen molar-refractivity contribution in [1.82, 2.24) is 15.5 Å². The lowest BCUT2D eigenvalue weighted by Crippen LogP contribution is -2.59. The van der Waals surface area contributed by atoms with Gasteiger partial charge in [0.15, 0.2) is 0 Å². The Balaban J connectivity index is 2.52. The van der Waals surface area contributed by atoms with E-state index >= 15 is 0 Å². The second-order valence-electron chi connectivity index (χ2n) is 11.5. The molecule has 0 spiro atoms. The molecule has 0 aromatic heterocycles. The van der Waals surface area contributed by atoms with E-state index in [2.05, 4.69) is 17.6 Å². The maximum Gasteiger partial charge on any atom is 0.408 e. The molecule has 1 aromatic rings. The molecule has 7 nitrogen and oxygen atoms in total. The molecule has 0 saturated heterocycles. The van der Waals surface area contributed by atoms with Crippen molar-refractivity contribution in [2.45, 2.75) is 124 Å². The number of alkyl carbamates (subject to hydrolysis) is 1. The maximum atomic E-state index is 14.4. The number of benzene rings is 1. The van der Waals surface area contributed by atoms with E-state index in [1.165, 1.54) is 0 Å². The number of ether oxygens (including phenoxy) is 1. The van der Waals surface area contributed by atoms with Crippen molar-refractivity contribution in [3.05, 3.63) is 34.9 Å². The lowest BCUT2D eigenvalue weighted by Gasteiger charge is -2.45. The molecule has 0 radical (unpaired) electrons. The summed E-state index contributed by atoms with van der Waals surface area (Å²) in [4.78, 5) is 42.8. The second-order valence-corrected chi connectivity index (χ2v) is 11.5. The summed E-state index contributed by atoms with van der Waals surface area (Å²) in [6, 6.07) is 4.37. The first kappa shape index (κ1) is 30.7. The standard InChI is InChI=1S/C30H49N3O4/c1-9-11-12-19-31-27(34)26(24-21(4)15-13-16-22(24)5)33(23-17-14-18-23)28(35)25(20(3)10-2)32-29(36)37-30(6,7)8/h13,15-16,20,23,25-26H,9-12,14,17-19H2,1-8H3,(H,31,34)(H,32,36). The average Bonchev–Trinajstić information content (AvgIpc) is 2.78. The molecule has 1 aliphatic carbocycles. The van der Waals surface area contributed by atoms with Crippen LogP contribution in [0.15, 0.2) is 18.2 Å². The van der Waals surface area contributed by atoms with Gasteiger partial charge >= 0.3 is 6.09 Å². The van der Waals surface area contributed by atoms with E-state index in [4.69, 9.17) is 4.74 Å². The first-order chi connectivity index (χ1) is 17.4. The molecule has 0 bridgehead atoms. The Morgan fingerprint density at radius 1 is 1.08 bits per heavy atom. The second kappa shape index (κ2) is 13.8. The van der Waals surface area contributed by atoms with Gasteiger partial charge in [-0.25, -0.2) is 4.79 Å². The minimum Gasteiger partial charge on any atom is -0.444 e. The van der Waals surface area contributed by atoms with Crippen LogP contribution in [-0.4, -0.2) is 47.0 Å². The van der Waals surface area contributed by atoms with Gasteiger partial charge in [0, 0.05) is 12.6 Å². The van der Waals surface area contributed by atoms with Crippen LogP contribution in [0.5, 0.6) is 0 Å². The zero-order valence-electron chi connectivity index (χ0n) is 24.3. The van der Waals surface area contributed by atoms with E-state index in [-0.39, 0.29) is 23.8 Å². The Labute approximate surface area is 224 Å². The summed E-state index contributed by atoms with van der Waals surface area (Å²) < 4.78 is 5.50. The number of hydrogen-bond donors (Lipinski definition) is 2. The normalized spacial score (nSPS) is 16.2. The number of rotatable bonds is 12. The van der Waals surface area contributed by atoms with Gasteiger partial charge in [-0.15, -0.1) is 0 Å². The summed E-state index contributed by atoms with van der Waals surface area (Å²) in [5, 5.41) is 5.98. The predicted octanol–water partition coefficient (Wildman–Crippen LogP) is 5.97. The molecule has 2 rings (SSSR count). The summed E-state index contributed by atoms with van der Waals surface area (Å²) >= 11 is 0. The molecule has 208 valence electrons. The van der Waals surface area contributed by atoms with E-state index in [9.17, 15) is 14.4 Å². The van der Waals surface area contributed by atoms with Crippen LogP contribution >= 0.6 is 0 Å². The number of nitrogens with one attached hydrogen (secondary N) is 2.